The maximum Gasteiger partial charge on any atom is 0.429 e. The number of ether oxygens (including phenoxy) is 1. The Kier molecular flexibility index (Phi) is 8.04. The number of benzene rings is 3. The standard InChI is InChI=1S/C29H26F8O/c1-3-5-6-8-16-10-13-19(25(32)24(16)31)29(36,37)38-20-14-12-18-17-11-9-15(7-4-2)23(30)21(17)27(34)28(35)22(18)26(20)33/h9-14,27-28H,3-8H2,1-2H3. The summed E-state index contributed by atoms with van der Waals surface area (Å²) in [4.78, 5) is 0. The zero-order valence-corrected chi connectivity index (χ0v) is 20.8. The average Bonchev–Trinajstić information content (AvgIpc) is 2.87. The molecule has 1 aliphatic rings. The summed E-state index contributed by atoms with van der Waals surface area (Å²) >= 11 is 0. The molecular formula is C29H26F8O. The van der Waals surface area contributed by atoms with E-state index in [0.29, 0.717) is 18.9 Å². The molecule has 3 aromatic carbocycles. The highest BCUT2D eigenvalue weighted by Crippen LogP contribution is 2.52. The van der Waals surface area contributed by atoms with Gasteiger partial charge in [-0.1, -0.05) is 57.4 Å². The van der Waals surface area contributed by atoms with Crippen LogP contribution >= 0.6 is 0 Å². The number of hydrogen-bond acceptors (Lipinski definition) is 1. The fourth-order valence-electron chi connectivity index (χ4n) is 4.82. The minimum Gasteiger partial charge on any atom is -0.426 e. The van der Waals surface area contributed by atoms with Gasteiger partial charge < -0.3 is 4.74 Å². The van der Waals surface area contributed by atoms with Crippen LogP contribution in [0.15, 0.2) is 36.4 Å². The molecule has 2 atom stereocenters. The van der Waals surface area contributed by atoms with Crippen molar-refractivity contribution in [2.24, 2.45) is 0 Å². The van der Waals surface area contributed by atoms with Gasteiger partial charge in [0.2, 0.25) is 0 Å². The summed E-state index contributed by atoms with van der Waals surface area (Å²) < 4.78 is 124. The van der Waals surface area contributed by atoms with Crippen molar-refractivity contribution < 1.29 is 39.9 Å². The molecule has 0 fully saturated rings. The van der Waals surface area contributed by atoms with Crippen LogP contribution < -0.4 is 4.74 Å². The summed E-state index contributed by atoms with van der Waals surface area (Å²) in [5.41, 5.74) is -3.19. The predicted molar refractivity (Wildman–Crippen MR) is 128 cm³/mol. The van der Waals surface area contributed by atoms with E-state index in [4.69, 9.17) is 0 Å². The first kappa shape index (κ1) is 27.9. The van der Waals surface area contributed by atoms with E-state index in [-0.39, 0.29) is 35.1 Å². The third-order valence-corrected chi connectivity index (χ3v) is 6.79. The minimum absolute atomic E-state index is 0.0855. The molecule has 0 aromatic heterocycles. The summed E-state index contributed by atoms with van der Waals surface area (Å²) in [7, 11) is 0. The molecule has 204 valence electrons. The monoisotopic (exact) mass is 542 g/mol. The van der Waals surface area contributed by atoms with Gasteiger partial charge in [-0.3, -0.25) is 0 Å². The highest BCUT2D eigenvalue weighted by molar-refractivity contribution is 5.76. The fourth-order valence-corrected chi connectivity index (χ4v) is 4.82. The maximum atomic E-state index is 15.3. The van der Waals surface area contributed by atoms with E-state index >= 15 is 13.2 Å². The van der Waals surface area contributed by atoms with Crippen LogP contribution in [0.4, 0.5) is 35.1 Å². The van der Waals surface area contributed by atoms with Crippen molar-refractivity contribution in [2.45, 2.75) is 70.8 Å². The third-order valence-electron chi connectivity index (χ3n) is 6.79. The van der Waals surface area contributed by atoms with Gasteiger partial charge in [-0.05, 0) is 53.6 Å². The minimum atomic E-state index is -4.55. The molecular weight excluding hydrogens is 516 g/mol. The van der Waals surface area contributed by atoms with E-state index in [1.165, 1.54) is 12.1 Å². The number of unbranched alkanes of at least 4 members (excludes halogenated alkanes) is 2. The molecule has 0 saturated carbocycles. The number of alkyl halides is 4. The molecule has 0 aliphatic heterocycles. The summed E-state index contributed by atoms with van der Waals surface area (Å²) in [5, 5.41) is 0. The molecule has 38 heavy (non-hydrogen) atoms. The number of fused-ring (bicyclic) bond motifs is 3. The molecule has 3 aromatic rings. The van der Waals surface area contributed by atoms with Crippen molar-refractivity contribution in [3.05, 3.63) is 87.5 Å². The van der Waals surface area contributed by atoms with Gasteiger partial charge in [0, 0.05) is 11.1 Å². The molecule has 0 amide bonds. The molecule has 2 unspecified atom stereocenters. The molecule has 0 N–H and O–H groups in total. The smallest absolute Gasteiger partial charge is 0.426 e. The van der Waals surface area contributed by atoms with Gasteiger partial charge in [0.1, 0.15) is 11.4 Å². The highest BCUT2D eigenvalue weighted by atomic mass is 19.3. The first-order valence-corrected chi connectivity index (χ1v) is 12.5. The molecule has 9 heteroatoms. The lowest BCUT2D eigenvalue weighted by atomic mass is 9.81. The second-order valence-electron chi connectivity index (χ2n) is 9.37. The Labute approximate surface area is 215 Å². The molecule has 0 heterocycles. The van der Waals surface area contributed by atoms with E-state index in [9.17, 15) is 22.0 Å². The Hall–Kier alpha value is -3.10. The van der Waals surface area contributed by atoms with Crippen LogP contribution in [-0.2, 0) is 19.0 Å². The molecule has 0 bridgehead atoms. The molecule has 4 rings (SSSR count). The quantitative estimate of drug-likeness (QED) is 0.193. The number of hydrogen-bond donors (Lipinski definition) is 0. The van der Waals surface area contributed by atoms with Crippen LogP contribution in [0.2, 0.25) is 0 Å². The molecule has 1 nitrogen and oxygen atoms in total. The fraction of sp³-hybridized carbons (Fsp3) is 0.379. The first-order valence-electron chi connectivity index (χ1n) is 12.5. The topological polar surface area (TPSA) is 9.23 Å². The Morgan fingerprint density at radius 1 is 0.658 bits per heavy atom. The van der Waals surface area contributed by atoms with Gasteiger partial charge in [0.05, 0.1) is 0 Å². The van der Waals surface area contributed by atoms with Crippen LogP contribution in [0.3, 0.4) is 0 Å². The third kappa shape index (κ3) is 4.87. The number of halogens is 8. The van der Waals surface area contributed by atoms with Gasteiger partial charge in [0.25, 0.3) is 0 Å². The van der Waals surface area contributed by atoms with Crippen LogP contribution in [0.5, 0.6) is 5.75 Å². The number of rotatable bonds is 9. The summed E-state index contributed by atoms with van der Waals surface area (Å²) in [6.45, 7) is 3.70. The van der Waals surface area contributed by atoms with Crippen molar-refractivity contribution in [1.29, 1.82) is 0 Å². The van der Waals surface area contributed by atoms with Gasteiger partial charge in [-0.15, -0.1) is 0 Å². The lowest BCUT2D eigenvalue weighted by Crippen LogP contribution is -2.25. The van der Waals surface area contributed by atoms with Gasteiger partial charge in [-0.2, -0.15) is 8.78 Å². The Morgan fingerprint density at radius 3 is 1.87 bits per heavy atom. The Bertz CT molecular complexity index is 1340. The Balaban J connectivity index is 1.70. The lowest BCUT2D eigenvalue weighted by Gasteiger charge is -2.29. The van der Waals surface area contributed by atoms with Crippen LogP contribution in [0.1, 0.15) is 79.7 Å². The normalized spacial score (nSPS) is 16.8. The Morgan fingerprint density at radius 2 is 1.24 bits per heavy atom. The zero-order valence-electron chi connectivity index (χ0n) is 20.8. The van der Waals surface area contributed by atoms with Crippen LogP contribution in [0.25, 0.3) is 11.1 Å². The van der Waals surface area contributed by atoms with E-state index in [1.807, 2.05) is 6.92 Å². The first-order chi connectivity index (χ1) is 18.0. The summed E-state index contributed by atoms with van der Waals surface area (Å²) in [5.74, 6) is -7.08. The van der Waals surface area contributed by atoms with E-state index in [0.717, 1.165) is 31.0 Å². The average molecular weight is 543 g/mol. The molecule has 0 spiro atoms. The largest absolute Gasteiger partial charge is 0.429 e. The molecule has 1 aliphatic carbocycles. The van der Waals surface area contributed by atoms with Crippen LogP contribution in [-0.4, -0.2) is 0 Å². The van der Waals surface area contributed by atoms with E-state index < -0.39 is 64.2 Å². The van der Waals surface area contributed by atoms with Crippen LogP contribution in [0, 0.1) is 23.3 Å². The highest BCUT2D eigenvalue weighted by Gasteiger charge is 2.43. The SMILES string of the molecule is CCCCCc1ccc(C(F)(F)Oc2ccc3c(c2F)C(F)C(F)c2c-3ccc(CCC)c2F)c(F)c1F. The van der Waals surface area contributed by atoms with E-state index in [1.54, 1.807) is 6.92 Å². The second-order valence-corrected chi connectivity index (χ2v) is 9.37. The van der Waals surface area contributed by atoms with Gasteiger partial charge >= 0.3 is 6.11 Å². The van der Waals surface area contributed by atoms with Gasteiger partial charge in [-0.25, -0.2) is 26.3 Å². The van der Waals surface area contributed by atoms with Crippen molar-refractivity contribution in [1.82, 2.24) is 0 Å². The molecule has 0 saturated heterocycles. The summed E-state index contributed by atoms with van der Waals surface area (Å²) in [6.07, 6.45) is -6.77. The van der Waals surface area contributed by atoms with Crippen molar-refractivity contribution in [2.75, 3.05) is 0 Å². The lowest BCUT2D eigenvalue weighted by molar-refractivity contribution is -0.189. The maximum absolute atomic E-state index is 15.3. The second kappa shape index (κ2) is 10.9. The van der Waals surface area contributed by atoms with Gasteiger partial charge in [0.15, 0.2) is 35.5 Å². The number of aryl methyl sites for hydroxylation is 2. The predicted octanol–water partition coefficient (Wildman–Crippen LogP) is 9.76. The van der Waals surface area contributed by atoms with Crippen molar-refractivity contribution >= 4 is 0 Å². The zero-order chi connectivity index (χ0) is 27.8. The van der Waals surface area contributed by atoms with Crippen molar-refractivity contribution in [3.8, 4) is 16.9 Å². The molecule has 0 radical (unpaired) electrons. The van der Waals surface area contributed by atoms with Crippen molar-refractivity contribution in [3.63, 3.8) is 0 Å². The summed E-state index contributed by atoms with van der Waals surface area (Å²) in [6, 6.07) is 6.12. The van der Waals surface area contributed by atoms with E-state index in [2.05, 4.69) is 4.74 Å².